The van der Waals surface area contributed by atoms with Gasteiger partial charge in [-0.15, -0.1) is 0 Å². The molecule has 1 fully saturated rings. The molecule has 1 aliphatic carbocycles. The van der Waals surface area contributed by atoms with Crippen LogP contribution in [0.3, 0.4) is 0 Å². The van der Waals surface area contributed by atoms with E-state index in [4.69, 9.17) is 15.5 Å². The minimum atomic E-state index is -0.127. The van der Waals surface area contributed by atoms with Crippen LogP contribution in [0.15, 0.2) is 29.3 Å². The molecule has 2 aromatic rings. The summed E-state index contributed by atoms with van der Waals surface area (Å²) >= 11 is 0. The zero-order chi connectivity index (χ0) is 25.0. The Bertz CT molecular complexity index is 1160. The minimum absolute atomic E-state index is 0.0304. The number of hydrogen-bond acceptors (Lipinski definition) is 6. The van der Waals surface area contributed by atoms with Crippen LogP contribution in [0.2, 0.25) is 0 Å². The first kappa shape index (κ1) is 24.7. The van der Waals surface area contributed by atoms with Gasteiger partial charge in [-0.2, -0.15) is 0 Å². The summed E-state index contributed by atoms with van der Waals surface area (Å²) < 4.78 is 5.25. The smallest absolute Gasteiger partial charge is 0.227 e. The summed E-state index contributed by atoms with van der Waals surface area (Å²) in [6.07, 6.45) is 7.57. The van der Waals surface area contributed by atoms with Crippen molar-refractivity contribution in [2.24, 2.45) is 28.2 Å². The van der Waals surface area contributed by atoms with Gasteiger partial charge in [0.05, 0.1) is 12.8 Å². The fourth-order valence-electron chi connectivity index (χ4n) is 4.80. The van der Waals surface area contributed by atoms with E-state index in [1.807, 2.05) is 30.5 Å². The van der Waals surface area contributed by atoms with Crippen molar-refractivity contribution in [1.29, 1.82) is 0 Å². The molecule has 7 heteroatoms. The first-order valence-electron chi connectivity index (χ1n) is 12.4. The normalized spacial score (nSPS) is 21.8. The highest BCUT2D eigenvalue weighted by Gasteiger charge is 2.31. The molecule has 0 spiro atoms. The van der Waals surface area contributed by atoms with Crippen LogP contribution < -0.4 is 15.8 Å². The first-order chi connectivity index (χ1) is 16.7. The van der Waals surface area contributed by atoms with Gasteiger partial charge >= 0.3 is 0 Å². The van der Waals surface area contributed by atoms with Crippen LogP contribution in [0.4, 0.5) is 17.2 Å². The Hall–Kier alpha value is -3.40. The van der Waals surface area contributed by atoms with Gasteiger partial charge in [0.1, 0.15) is 11.4 Å². The average molecular weight is 474 g/mol. The molecule has 1 aromatic carbocycles. The highest BCUT2D eigenvalue weighted by molar-refractivity contribution is 5.92. The molecule has 1 unspecified atom stereocenters. The van der Waals surface area contributed by atoms with Crippen molar-refractivity contribution in [3.8, 4) is 17.6 Å². The van der Waals surface area contributed by atoms with Crippen molar-refractivity contribution in [3.05, 3.63) is 35.8 Å². The summed E-state index contributed by atoms with van der Waals surface area (Å²) in [5.41, 5.74) is 8.43. The van der Waals surface area contributed by atoms with Crippen molar-refractivity contribution in [1.82, 2.24) is 9.97 Å². The van der Waals surface area contributed by atoms with Crippen LogP contribution in [0.25, 0.3) is 0 Å². The second-order valence-corrected chi connectivity index (χ2v) is 10.5. The molecule has 7 nitrogen and oxygen atoms in total. The number of benzene rings is 1. The van der Waals surface area contributed by atoms with Gasteiger partial charge in [-0.25, -0.2) is 9.97 Å². The SMILES string of the molecule is COc1cccc(NC(=O)C2CCC(C3C=Nc4c(N)nc(C#CC(C)(C)C)nc4CC3)CC2)c1. The number of aryl methyl sites for hydroxylation is 1. The molecule has 1 amide bonds. The highest BCUT2D eigenvalue weighted by atomic mass is 16.5. The summed E-state index contributed by atoms with van der Waals surface area (Å²) in [6, 6.07) is 7.48. The van der Waals surface area contributed by atoms with Crippen LogP contribution in [0, 0.1) is 35.0 Å². The van der Waals surface area contributed by atoms with E-state index >= 15 is 0 Å². The molecule has 4 rings (SSSR count). The van der Waals surface area contributed by atoms with E-state index in [1.165, 1.54) is 0 Å². The number of rotatable bonds is 4. The number of nitrogen functional groups attached to an aromatic ring is 1. The van der Waals surface area contributed by atoms with Crippen molar-refractivity contribution >= 4 is 29.3 Å². The van der Waals surface area contributed by atoms with Gasteiger partial charge < -0.3 is 15.8 Å². The molecule has 1 saturated carbocycles. The number of aliphatic imine (C=N–C) groups is 1. The Balaban J connectivity index is 1.35. The summed E-state index contributed by atoms with van der Waals surface area (Å²) in [5.74, 6) is 8.79. The molecular weight excluding hydrogens is 438 g/mol. The monoisotopic (exact) mass is 473 g/mol. The molecule has 1 aromatic heterocycles. The Morgan fingerprint density at radius 2 is 1.91 bits per heavy atom. The lowest BCUT2D eigenvalue weighted by atomic mass is 9.74. The fraction of sp³-hybridized carbons (Fsp3) is 0.500. The third-order valence-corrected chi connectivity index (χ3v) is 6.73. The van der Waals surface area contributed by atoms with Crippen LogP contribution in [0.5, 0.6) is 5.75 Å². The Labute approximate surface area is 208 Å². The summed E-state index contributed by atoms with van der Waals surface area (Å²) in [6.45, 7) is 6.16. The molecule has 1 atom stereocenters. The molecule has 2 aliphatic rings. The van der Waals surface area contributed by atoms with E-state index in [0.717, 1.165) is 55.7 Å². The van der Waals surface area contributed by atoms with E-state index in [-0.39, 0.29) is 17.2 Å². The summed E-state index contributed by atoms with van der Waals surface area (Å²) in [7, 11) is 1.62. The first-order valence-corrected chi connectivity index (χ1v) is 12.4. The number of ether oxygens (including phenoxy) is 1. The quantitative estimate of drug-likeness (QED) is 0.596. The highest BCUT2D eigenvalue weighted by Crippen LogP contribution is 2.38. The van der Waals surface area contributed by atoms with Crippen molar-refractivity contribution in [2.45, 2.75) is 59.3 Å². The molecule has 184 valence electrons. The summed E-state index contributed by atoms with van der Waals surface area (Å²) in [5, 5.41) is 3.05. The summed E-state index contributed by atoms with van der Waals surface area (Å²) in [4.78, 5) is 26.6. The van der Waals surface area contributed by atoms with E-state index in [2.05, 4.69) is 47.9 Å². The molecule has 0 bridgehead atoms. The lowest BCUT2D eigenvalue weighted by Crippen LogP contribution is -2.30. The molecule has 1 aliphatic heterocycles. The molecule has 0 saturated heterocycles. The zero-order valence-corrected chi connectivity index (χ0v) is 21.1. The predicted octanol–water partition coefficient (Wildman–Crippen LogP) is 5.17. The Morgan fingerprint density at radius 3 is 2.63 bits per heavy atom. The standard InChI is InChI=1S/C28H35N5O2/c1-28(2,3)15-14-24-32-23-13-12-20(17-30-25(23)26(29)33-24)18-8-10-19(11-9-18)27(34)31-21-6-5-7-22(16-21)35-4/h5-7,16-20H,8-13H2,1-4H3,(H,31,34)(H2,29,32,33). The zero-order valence-electron chi connectivity index (χ0n) is 21.1. The van der Waals surface area contributed by atoms with E-state index < -0.39 is 0 Å². The number of hydrogen-bond donors (Lipinski definition) is 2. The maximum atomic E-state index is 12.8. The van der Waals surface area contributed by atoms with Crippen molar-refractivity contribution in [2.75, 3.05) is 18.2 Å². The molecule has 3 N–H and O–H groups in total. The topological polar surface area (TPSA) is 102 Å². The van der Waals surface area contributed by atoms with Crippen molar-refractivity contribution < 1.29 is 9.53 Å². The van der Waals surface area contributed by atoms with Gasteiger partial charge in [0, 0.05) is 29.3 Å². The Morgan fingerprint density at radius 1 is 1.14 bits per heavy atom. The van der Waals surface area contributed by atoms with Crippen LogP contribution >= 0.6 is 0 Å². The van der Waals surface area contributed by atoms with Gasteiger partial charge in [0.2, 0.25) is 11.7 Å². The third kappa shape index (κ3) is 6.39. The lowest BCUT2D eigenvalue weighted by molar-refractivity contribution is -0.121. The molecule has 0 radical (unpaired) electrons. The second kappa shape index (κ2) is 10.5. The number of methoxy groups -OCH3 is 1. The molecule has 2 heterocycles. The molecular formula is C28H35N5O2. The van der Waals surface area contributed by atoms with Crippen LogP contribution in [0.1, 0.15) is 64.4 Å². The van der Waals surface area contributed by atoms with E-state index in [9.17, 15) is 4.79 Å². The molecule has 35 heavy (non-hydrogen) atoms. The van der Waals surface area contributed by atoms with Gasteiger partial charge in [-0.05, 0) is 89.2 Å². The number of fused-ring (bicyclic) bond motifs is 1. The number of anilines is 2. The van der Waals surface area contributed by atoms with Crippen LogP contribution in [-0.4, -0.2) is 29.2 Å². The fourth-order valence-corrected chi connectivity index (χ4v) is 4.80. The van der Waals surface area contributed by atoms with E-state index in [1.54, 1.807) is 7.11 Å². The number of nitrogens with two attached hydrogens (primary N) is 1. The van der Waals surface area contributed by atoms with Gasteiger partial charge in [-0.3, -0.25) is 9.79 Å². The second-order valence-electron chi connectivity index (χ2n) is 10.5. The van der Waals surface area contributed by atoms with Crippen LogP contribution in [-0.2, 0) is 11.2 Å². The maximum Gasteiger partial charge on any atom is 0.227 e. The number of amides is 1. The van der Waals surface area contributed by atoms with Gasteiger partial charge in [-0.1, -0.05) is 12.0 Å². The minimum Gasteiger partial charge on any atom is -0.497 e. The Kier molecular flexibility index (Phi) is 7.39. The largest absolute Gasteiger partial charge is 0.497 e. The predicted molar refractivity (Wildman–Crippen MR) is 140 cm³/mol. The number of carbonyl (C=O) groups is 1. The van der Waals surface area contributed by atoms with E-state index in [0.29, 0.717) is 29.2 Å². The number of nitrogens with one attached hydrogen (secondary N) is 1. The lowest BCUT2D eigenvalue weighted by Gasteiger charge is -2.31. The van der Waals surface area contributed by atoms with Crippen molar-refractivity contribution in [3.63, 3.8) is 0 Å². The number of aromatic nitrogens is 2. The third-order valence-electron chi connectivity index (χ3n) is 6.73. The number of carbonyl (C=O) groups excluding carboxylic acids is 1. The number of nitrogens with zero attached hydrogens (tertiary/aromatic N) is 3. The van der Waals surface area contributed by atoms with Gasteiger partial charge in [0.15, 0.2) is 5.82 Å². The average Bonchev–Trinajstić information content (AvgIpc) is 3.06. The van der Waals surface area contributed by atoms with Gasteiger partial charge in [0.25, 0.3) is 0 Å². The maximum absolute atomic E-state index is 12.8.